The van der Waals surface area contributed by atoms with Crippen LogP contribution in [0, 0.1) is 12.8 Å². The van der Waals surface area contributed by atoms with Gasteiger partial charge < -0.3 is 10.2 Å². The predicted molar refractivity (Wildman–Crippen MR) is 131 cm³/mol. The maximum Gasteiger partial charge on any atom is 0.243 e. The summed E-state index contributed by atoms with van der Waals surface area (Å²) in [6.45, 7) is 7.92. The number of piperazine rings is 1. The quantitative estimate of drug-likeness (QED) is 0.703. The average molecular weight is 471 g/mol. The molecule has 1 N–H and O–H groups in total. The Hall–Kier alpha value is -2.26. The van der Waals surface area contributed by atoms with Crippen LogP contribution in [0.5, 0.6) is 0 Å². The van der Waals surface area contributed by atoms with E-state index in [4.69, 9.17) is 0 Å². The van der Waals surface area contributed by atoms with E-state index in [1.54, 1.807) is 12.1 Å². The van der Waals surface area contributed by atoms with E-state index in [0.717, 1.165) is 44.0 Å². The summed E-state index contributed by atoms with van der Waals surface area (Å²) in [6, 6.07) is 15.0. The molecule has 1 amide bonds. The molecule has 0 aromatic heterocycles. The Balaban J connectivity index is 1.27. The second-order valence-electron chi connectivity index (χ2n) is 9.26. The van der Waals surface area contributed by atoms with Crippen molar-refractivity contribution < 1.29 is 13.2 Å². The summed E-state index contributed by atoms with van der Waals surface area (Å²) in [5.41, 5.74) is 3.06. The molecular weight excluding hydrogens is 436 g/mol. The molecule has 8 heteroatoms. The third-order valence-electron chi connectivity index (χ3n) is 6.71. The van der Waals surface area contributed by atoms with Crippen LogP contribution in [0.25, 0.3) is 0 Å². The number of rotatable bonds is 6. The van der Waals surface area contributed by atoms with E-state index in [1.807, 2.05) is 31.2 Å². The third kappa shape index (κ3) is 6.00. The third-order valence-corrected chi connectivity index (χ3v) is 8.62. The number of aryl methyl sites for hydroxylation is 1. The fourth-order valence-electron chi connectivity index (χ4n) is 4.42. The number of carbonyl (C=O) groups excluding carboxylic acids is 1. The lowest BCUT2D eigenvalue weighted by molar-refractivity contribution is -0.120. The number of carbonyl (C=O) groups is 1. The van der Waals surface area contributed by atoms with E-state index in [-0.39, 0.29) is 11.8 Å². The molecule has 0 saturated carbocycles. The molecule has 2 aliphatic heterocycles. The maximum absolute atomic E-state index is 12.9. The molecule has 0 spiro atoms. The Morgan fingerprint density at radius 1 is 0.909 bits per heavy atom. The van der Waals surface area contributed by atoms with Crippen LogP contribution in [-0.2, 0) is 21.4 Å². The van der Waals surface area contributed by atoms with Crippen molar-refractivity contribution >= 4 is 21.6 Å². The van der Waals surface area contributed by atoms with Crippen LogP contribution in [0.2, 0.25) is 0 Å². The van der Waals surface area contributed by atoms with Crippen LogP contribution >= 0.6 is 0 Å². The Morgan fingerprint density at radius 3 is 2.12 bits per heavy atom. The van der Waals surface area contributed by atoms with Gasteiger partial charge in [-0.25, -0.2) is 8.42 Å². The van der Waals surface area contributed by atoms with Crippen LogP contribution in [0.15, 0.2) is 53.4 Å². The lowest BCUT2D eigenvalue weighted by atomic mass is 9.97. The van der Waals surface area contributed by atoms with E-state index in [2.05, 4.69) is 34.3 Å². The minimum atomic E-state index is -3.51. The highest BCUT2D eigenvalue weighted by Crippen LogP contribution is 2.25. The number of anilines is 1. The van der Waals surface area contributed by atoms with Gasteiger partial charge in [0.15, 0.2) is 0 Å². The molecule has 0 unspecified atom stereocenters. The monoisotopic (exact) mass is 470 g/mol. The lowest BCUT2D eigenvalue weighted by Crippen LogP contribution is -2.43. The number of benzene rings is 2. The van der Waals surface area contributed by atoms with Gasteiger partial charge in [-0.15, -0.1) is 0 Å². The van der Waals surface area contributed by atoms with Crippen molar-refractivity contribution in [3.05, 3.63) is 59.7 Å². The summed E-state index contributed by atoms with van der Waals surface area (Å²) < 4.78 is 27.2. The zero-order chi connectivity index (χ0) is 23.4. The predicted octanol–water partition coefficient (Wildman–Crippen LogP) is 2.78. The van der Waals surface area contributed by atoms with Crippen molar-refractivity contribution in [2.24, 2.45) is 5.92 Å². The molecular formula is C25H34N4O3S. The first-order chi connectivity index (χ1) is 15.8. The SMILES string of the molecule is Cc1ccc(S(=O)(=O)N2CCC(C(=O)Nc3ccc(CN4CCN(C)CC4)cc3)CC2)cc1. The van der Waals surface area contributed by atoms with Crippen LogP contribution < -0.4 is 5.32 Å². The first-order valence-corrected chi connectivity index (χ1v) is 13.1. The Morgan fingerprint density at radius 2 is 1.52 bits per heavy atom. The summed E-state index contributed by atoms with van der Waals surface area (Å²) in [4.78, 5) is 17.9. The van der Waals surface area contributed by atoms with Crippen molar-refractivity contribution in [1.29, 1.82) is 0 Å². The summed E-state index contributed by atoms with van der Waals surface area (Å²) in [5.74, 6) is -0.214. The molecule has 33 heavy (non-hydrogen) atoms. The van der Waals surface area contributed by atoms with E-state index in [0.29, 0.717) is 30.8 Å². The molecule has 178 valence electrons. The molecule has 0 atom stereocenters. The number of hydrogen-bond acceptors (Lipinski definition) is 5. The summed E-state index contributed by atoms with van der Waals surface area (Å²) in [7, 11) is -1.36. The van der Waals surface area contributed by atoms with Gasteiger partial charge in [0, 0.05) is 57.4 Å². The number of nitrogens with zero attached hydrogens (tertiary/aromatic N) is 3. The number of likely N-dealkylation sites (N-methyl/N-ethyl adjacent to an activating group) is 1. The standard InChI is InChI=1S/C25H34N4O3S/c1-20-3-9-24(10-4-20)33(31,32)29-13-11-22(12-14-29)25(30)26-23-7-5-21(6-8-23)19-28-17-15-27(2)16-18-28/h3-10,22H,11-19H2,1-2H3,(H,26,30). The number of nitrogens with one attached hydrogen (secondary N) is 1. The topological polar surface area (TPSA) is 73.0 Å². The first-order valence-electron chi connectivity index (χ1n) is 11.7. The molecule has 2 aliphatic rings. The number of hydrogen-bond donors (Lipinski definition) is 1. The van der Waals surface area contributed by atoms with E-state index < -0.39 is 10.0 Å². The highest BCUT2D eigenvalue weighted by atomic mass is 32.2. The molecule has 4 rings (SSSR count). The van der Waals surface area contributed by atoms with Crippen molar-refractivity contribution in [3.63, 3.8) is 0 Å². The summed E-state index contributed by atoms with van der Waals surface area (Å²) in [6.07, 6.45) is 1.05. The Kier molecular flexibility index (Phi) is 7.48. The van der Waals surface area contributed by atoms with Crippen LogP contribution in [0.1, 0.15) is 24.0 Å². The van der Waals surface area contributed by atoms with Crippen molar-refractivity contribution in [2.75, 3.05) is 51.6 Å². The summed E-state index contributed by atoms with van der Waals surface area (Å²) in [5, 5.41) is 3.01. The molecule has 0 radical (unpaired) electrons. The second-order valence-corrected chi connectivity index (χ2v) is 11.2. The van der Waals surface area contributed by atoms with Crippen LogP contribution in [0.4, 0.5) is 5.69 Å². The van der Waals surface area contributed by atoms with Crippen molar-refractivity contribution in [2.45, 2.75) is 31.2 Å². The molecule has 0 bridgehead atoms. The van der Waals surface area contributed by atoms with E-state index in [9.17, 15) is 13.2 Å². The fourth-order valence-corrected chi connectivity index (χ4v) is 5.89. The van der Waals surface area contributed by atoms with Gasteiger partial charge >= 0.3 is 0 Å². The molecule has 2 heterocycles. The molecule has 2 aromatic rings. The van der Waals surface area contributed by atoms with Gasteiger partial charge in [0.05, 0.1) is 4.90 Å². The smallest absolute Gasteiger partial charge is 0.243 e. The first kappa shape index (κ1) is 23.9. The normalized spacial score (nSPS) is 19.5. The fraction of sp³-hybridized carbons (Fsp3) is 0.480. The van der Waals surface area contributed by atoms with Gasteiger partial charge in [-0.2, -0.15) is 4.31 Å². The number of piperidine rings is 1. The molecule has 2 fully saturated rings. The summed E-state index contributed by atoms with van der Waals surface area (Å²) >= 11 is 0. The molecule has 2 aromatic carbocycles. The molecule has 0 aliphatic carbocycles. The van der Waals surface area contributed by atoms with Gasteiger partial charge in [-0.1, -0.05) is 29.8 Å². The van der Waals surface area contributed by atoms with E-state index in [1.165, 1.54) is 9.87 Å². The lowest BCUT2D eigenvalue weighted by Gasteiger charge is -2.32. The maximum atomic E-state index is 12.9. The van der Waals surface area contributed by atoms with Gasteiger partial charge in [-0.3, -0.25) is 9.69 Å². The molecule has 2 saturated heterocycles. The van der Waals surface area contributed by atoms with Crippen LogP contribution in [-0.4, -0.2) is 74.7 Å². The highest BCUT2D eigenvalue weighted by molar-refractivity contribution is 7.89. The van der Waals surface area contributed by atoms with Crippen molar-refractivity contribution in [1.82, 2.24) is 14.1 Å². The number of amides is 1. The van der Waals surface area contributed by atoms with Crippen LogP contribution in [0.3, 0.4) is 0 Å². The zero-order valence-corrected chi connectivity index (χ0v) is 20.4. The Labute approximate surface area is 197 Å². The number of sulfonamides is 1. The van der Waals surface area contributed by atoms with E-state index >= 15 is 0 Å². The minimum Gasteiger partial charge on any atom is -0.326 e. The Bertz CT molecular complexity index is 1040. The largest absolute Gasteiger partial charge is 0.326 e. The minimum absolute atomic E-state index is 0.0331. The van der Waals surface area contributed by atoms with Crippen molar-refractivity contribution in [3.8, 4) is 0 Å². The zero-order valence-electron chi connectivity index (χ0n) is 19.5. The highest BCUT2D eigenvalue weighted by Gasteiger charge is 2.32. The van der Waals surface area contributed by atoms with Gasteiger partial charge in [0.1, 0.15) is 0 Å². The molecule has 7 nitrogen and oxygen atoms in total. The van der Waals surface area contributed by atoms with Gasteiger partial charge in [0.25, 0.3) is 0 Å². The van der Waals surface area contributed by atoms with Gasteiger partial charge in [0.2, 0.25) is 15.9 Å². The average Bonchev–Trinajstić information content (AvgIpc) is 2.82. The van der Waals surface area contributed by atoms with Gasteiger partial charge in [-0.05, 0) is 56.6 Å². The second kappa shape index (κ2) is 10.3.